The molecule has 1 aromatic carbocycles. The fourth-order valence-corrected chi connectivity index (χ4v) is 4.10. The van der Waals surface area contributed by atoms with Crippen LogP contribution in [0.15, 0.2) is 35.1 Å². The maximum absolute atomic E-state index is 12.7. The Kier molecular flexibility index (Phi) is 4.68. The molecule has 1 atom stereocenters. The van der Waals surface area contributed by atoms with Gasteiger partial charge in [0.05, 0.1) is 23.8 Å². The molecule has 1 aliphatic heterocycles. The Bertz CT molecular complexity index is 1150. The van der Waals surface area contributed by atoms with Crippen molar-refractivity contribution in [2.75, 3.05) is 13.1 Å². The fourth-order valence-electron chi connectivity index (χ4n) is 4.10. The van der Waals surface area contributed by atoms with Gasteiger partial charge in [-0.3, -0.25) is 9.48 Å². The summed E-state index contributed by atoms with van der Waals surface area (Å²) in [6.45, 7) is 2.74. The SMILES string of the molecule is CCc1nc(-c2ccc3c(c2)CCC3NC(=O)c2cnn(C3CN(C(=O)O)C3)c2)no1. The van der Waals surface area contributed by atoms with Crippen LogP contribution in [0.2, 0.25) is 0 Å². The second-order valence-electron chi connectivity index (χ2n) is 7.89. The van der Waals surface area contributed by atoms with Crippen LogP contribution in [0.1, 0.15) is 52.8 Å². The van der Waals surface area contributed by atoms with Gasteiger partial charge in [0.1, 0.15) is 0 Å². The molecule has 3 heterocycles. The third kappa shape index (κ3) is 3.54. The number of fused-ring (bicyclic) bond motifs is 1. The Labute approximate surface area is 177 Å². The zero-order chi connectivity index (χ0) is 21.5. The van der Waals surface area contributed by atoms with E-state index in [1.54, 1.807) is 10.9 Å². The number of rotatable bonds is 5. The predicted molar refractivity (Wildman–Crippen MR) is 109 cm³/mol. The largest absolute Gasteiger partial charge is 0.465 e. The highest BCUT2D eigenvalue weighted by Gasteiger charge is 2.33. The number of carboxylic acid groups (broad SMARTS) is 1. The van der Waals surface area contributed by atoms with Gasteiger partial charge in [-0.1, -0.05) is 24.2 Å². The fraction of sp³-hybridized carbons (Fsp3) is 0.381. The molecule has 1 saturated heterocycles. The van der Waals surface area contributed by atoms with Crippen LogP contribution in [0.5, 0.6) is 0 Å². The summed E-state index contributed by atoms with van der Waals surface area (Å²) in [5.74, 6) is 1.00. The Morgan fingerprint density at radius 2 is 2.16 bits per heavy atom. The summed E-state index contributed by atoms with van der Waals surface area (Å²) in [5, 5.41) is 20.3. The lowest BCUT2D eigenvalue weighted by Crippen LogP contribution is -2.50. The lowest BCUT2D eigenvalue weighted by Gasteiger charge is -2.36. The smallest absolute Gasteiger partial charge is 0.407 e. The summed E-state index contributed by atoms with van der Waals surface area (Å²) in [4.78, 5) is 29.3. The summed E-state index contributed by atoms with van der Waals surface area (Å²) in [6.07, 6.45) is 4.65. The maximum atomic E-state index is 12.7. The zero-order valence-electron chi connectivity index (χ0n) is 17.0. The van der Waals surface area contributed by atoms with Crippen LogP contribution in [0.3, 0.4) is 0 Å². The van der Waals surface area contributed by atoms with Gasteiger partial charge in [0.2, 0.25) is 11.7 Å². The van der Waals surface area contributed by atoms with Crippen LogP contribution < -0.4 is 5.32 Å². The number of hydrogen-bond donors (Lipinski definition) is 2. The summed E-state index contributed by atoms with van der Waals surface area (Å²) >= 11 is 0. The zero-order valence-corrected chi connectivity index (χ0v) is 17.0. The highest BCUT2D eigenvalue weighted by molar-refractivity contribution is 5.94. The Hall–Kier alpha value is -3.69. The lowest BCUT2D eigenvalue weighted by atomic mass is 10.0. The van der Waals surface area contributed by atoms with Crippen molar-refractivity contribution in [3.05, 3.63) is 53.2 Å². The van der Waals surface area contributed by atoms with E-state index in [9.17, 15) is 9.59 Å². The molecule has 1 fully saturated rings. The molecule has 1 aliphatic carbocycles. The highest BCUT2D eigenvalue weighted by atomic mass is 16.5. The molecule has 160 valence electrons. The van der Waals surface area contributed by atoms with Crippen molar-refractivity contribution in [3.8, 4) is 11.4 Å². The van der Waals surface area contributed by atoms with Crippen LogP contribution in [0, 0.1) is 0 Å². The number of carbonyl (C=O) groups excluding carboxylic acids is 1. The predicted octanol–water partition coefficient (Wildman–Crippen LogP) is 2.45. The van der Waals surface area contributed by atoms with Gasteiger partial charge in [-0.15, -0.1) is 0 Å². The molecule has 0 spiro atoms. The number of aryl methyl sites for hydroxylation is 2. The molecule has 0 saturated carbocycles. The van der Waals surface area contributed by atoms with Gasteiger partial charge < -0.3 is 19.8 Å². The van der Waals surface area contributed by atoms with E-state index >= 15 is 0 Å². The minimum atomic E-state index is -0.936. The van der Waals surface area contributed by atoms with Crippen LogP contribution in [-0.4, -0.2) is 55.0 Å². The van der Waals surface area contributed by atoms with Gasteiger partial charge in [-0.25, -0.2) is 4.79 Å². The van der Waals surface area contributed by atoms with Crippen molar-refractivity contribution < 1.29 is 19.2 Å². The van der Waals surface area contributed by atoms with Crippen LogP contribution in [0.4, 0.5) is 4.79 Å². The average Bonchev–Trinajstić information content (AvgIpc) is 3.46. The van der Waals surface area contributed by atoms with Gasteiger partial charge in [-0.2, -0.15) is 10.1 Å². The third-order valence-electron chi connectivity index (χ3n) is 5.93. The molecular formula is C21H22N6O4. The van der Waals surface area contributed by atoms with Crippen LogP contribution >= 0.6 is 0 Å². The highest BCUT2D eigenvalue weighted by Crippen LogP contribution is 2.34. The molecule has 0 bridgehead atoms. The number of carbonyl (C=O) groups is 2. The second kappa shape index (κ2) is 7.53. The van der Waals surface area contributed by atoms with E-state index in [0.29, 0.717) is 36.8 Å². The first-order valence-electron chi connectivity index (χ1n) is 10.3. The summed E-state index contributed by atoms with van der Waals surface area (Å²) in [6, 6.07) is 5.94. The Morgan fingerprint density at radius 1 is 1.32 bits per heavy atom. The Morgan fingerprint density at radius 3 is 2.90 bits per heavy atom. The van der Waals surface area contributed by atoms with E-state index in [1.165, 1.54) is 16.7 Å². The minimum Gasteiger partial charge on any atom is -0.465 e. The second-order valence-corrected chi connectivity index (χ2v) is 7.89. The number of likely N-dealkylation sites (tertiary alicyclic amines) is 1. The standard InChI is InChI=1S/C21H22N6O4/c1-2-18-24-19(25-31-18)13-3-5-16-12(7-13)4-6-17(16)23-20(28)14-8-22-27(9-14)15-10-26(11-15)21(29)30/h3,5,7-9,15,17H,2,4,6,10-11H2,1H3,(H,23,28)(H,29,30). The van der Waals surface area contributed by atoms with Gasteiger partial charge in [0, 0.05) is 31.3 Å². The first kappa shape index (κ1) is 19.3. The number of benzene rings is 1. The molecule has 2 amide bonds. The first-order chi connectivity index (χ1) is 15.0. The topological polar surface area (TPSA) is 126 Å². The molecule has 2 aromatic heterocycles. The molecule has 10 nitrogen and oxygen atoms in total. The molecule has 0 radical (unpaired) electrons. The normalized spacial score (nSPS) is 18.0. The van der Waals surface area contributed by atoms with Gasteiger partial charge in [-0.05, 0) is 30.0 Å². The summed E-state index contributed by atoms with van der Waals surface area (Å²) < 4.78 is 6.87. The van der Waals surface area contributed by atoms with E-state index in [0.717, 1.165) is 24.0 Å². The van der Waals surface area contributed by atoms with Crippen LogP contribution in [0.25, 0.3) is 11.4 Å². The summed E-state index contributed by atoms with van der Waals surface area (Å²) in [7, 11) is 0. The van der Waals surface area contributed by atoms with E-state index in [1.807, 2.05) is 19.1 Å². The van der Waals surface area contributed by atoms with Crippen molar-refractivity contribution in [1.29, 1.82) is 0 Å². The van der Waals surface area contributed by atoms with Crippen molar-refractivity contribution in [1.82, 2.24) is 30.1 Å². The monoisotopic (exact) mass is 422 g/mol. The molecule has 2 aliphatic rings. The maximum Gasteiger partial charge on any atom is 0.407 e. The average molecular weight is 422 g/mol. The summed E-state index contributed by atoms with van der Waals surface area (Å²) in [5.41, 5.74) is 3.65. The molecular weight excluding hydrogens is 400 g/mol. The van der Waals surface area contributed by atoms with Gasteiger partial charge >= 0.3 is 6.09 Å². The van der Waals surface area contributed by atoms with Crippen LogP contribution in [-0.2, 0) is 12.8 Å². The minimum absolute atomic E-state index is 0.0263. The van der Waals surface area contributed by atoms with E-state index < -0.39 is 6.09 Å². The molecule has 2 N–H and O–H groups in total. The van der Waals surface area contributed by atoms with Gasteiger partial charge in [0.25, 0.3) is 5.91 Å². The van der Waals surface area contributed by atoms with Gasteiger partial charge in [0.15, 0.2) is 0 Å². The van der Waals surface area contributed by atoms with E-state index in [2.05, 4.69) is 26.6 Å². The molecule has 3 aromatic rings. The number of aromatic nitrogens is 4. The first-order valence-corrected chi connectivity index (χ1v) is 10.3. The van der Waals surface area contributed by atoms with Crippen molar-refractivity contribution in [2.24, 2.45) is 0 Å². The quantitative estimate of drug-likeness (QED) is 0.647. The Balaban J connectivity index is 1.25. The van der Waals surface area contributed by atoms with E-state index in [-0.39, 0.29) is 18.0 Å². The molecule has 1 unspecified atom stereocenters. The lowest BCUT2D eigenvalue weighted by molar-refractivity contribution is 0.0809. The molecule has 31 heavy (non-hydrogen) atoms. The van der Waals surface area contributed by atoms with E-state index in [4.69, 9.17) is 9.63 Å². The number of hydrogen-bond acceptors (Lipinski definition) is 6. The number of nitrogens with zero attached hydrogens (tertiary/aromatic N) is 5. The number of nitrogens with one attached hydrogen (secondary N) is 1. The van der Waals surface area contributed by atoms with Crippen molar-refractivity contribution in [3.63, 3.8) is 0 Å². The van der Waals surface area contributed by atoms with Crippen molar-refractivity contribution in [2.45, 2.75) is 38.3 Å². The molecule has 10 heteroatoms. The third-order valence-corrected chi connectivity index (χ3v) is 5.93. The number of amides is 2. The van der Waals surface area contributed by atoms with Crippen molar-refractivity contribution >= 4 is 12.0 Å². The molecule has 5 rings (SSSR count).